The normalized spacial score (nSPS) is 18.9. The van der Waals surface area contributed by atoms with Gasteiger partial charge in [0.05, 0.1) is 12.1 Å². The first kappa shape index (κ1) is 24.3. The minimum atomic E-state index is -0.721. The molecule has 1 amide bonds. The maximum atomic E-state index is 12.5. The molecule has 0 saturated heterocycles. The van der Waals surface area contributed by atoms with E-state index in [0.717, 1.165) is 25.1 Å². The zero-order valence-electron chi connectivity index (χ0n) is 20.1. The van der Waals surface area contributed by atoms with Crippen molar-refractivity contribution in [2.45, 2.75) is 71.8 Å². The largest absolute Gasteiger partial charge is 0.444 e. The van der Waals surface area contributed by atoms with Crippen LogP contribution in [0.5, 0.6) is 0 Å². The number of hydrogen-bond acceptors (Lipinski definition) is 4. The van der Waals surface area contributed by atoms with Gasteiger partial charge in [0.25, 0.3) is 0 Å². The Morgan fingerprint density at radius 1 is 1.19 bits per heavy atom. The van der Waals surface area contributed by atoms with Crippen LogP contribution < -0.4 is 5.32 Å². The highest BCUT2D eigenvalue weighted by Crippen LogP contribution is 2.23. The Morgan fingerprint density at radius 3 is 2.59 bits per heavy atom. The maximum Gasteiger partial charge on any atom is 0.407 e. The first-order chi connectivity index (χ1) is 15.1. The standard InChI is InChI=1S/C27H38N2O3/c1-19-11-12-22-14-20(2)16-29(17-23(22)13-19)18-25(30)24(15-21-9-7-6-8-10-21)28-26(31)32-27(3,4)5/h6-13,20,24-25,30H,14-18H2,1-5H3,(H,28,31)/t20-,24+,25-/m1/s1. The van der Waals surface area contributed by atoms with E-state index in [2.05, 4.69) is 42.3 Å². The van der Waals surface area contributed by atoms with E-state index in [0.29, 0.717) is 18.9 Å². The number of ether oxygens (including phenoxy) is 1. The Bertz CT molecular complexity index is 892. The van der Waals surface area contributed by atoms with Crippen molar-refractivity contribution in [2.24, 2.45) is 5.92 Å². The number of nitrogens with zero attached hydrogens (tertiary/aromatic N) is 1. The van der Waals surface area contributed by atoms with E-state index in [1.165, 1.54) is 16.7 Å². The number of alkyl carbamates (subject to hydrolysis) is 1. The molecule has 32 heavy (non-hydrogen) atoms. The zero-order chi connectivity index (χ0) is 23.3. The molecule has 0 aromatic heterocycles. The summed E-state index contributed by atoms with van der Waals surface area (Å²) in [5, 5.41) is 14.2. The smallest absolute Gasteiger partial charge is 0.407 e. The number of benzene rings is 2. The molecular formula is C27H38N2O3. The Balaban J connectivity index is 1.74. The number of hydrogen-bond donors (Lipinski definition) is 2. The summed E-state index contributed by atoms with van der Waals surface area (Å²) in [5.74, 6) is 0.498. The number of carbonyl (C=O) groups excluding carboxylic acids is 1. The van der Waals surface area contributed by atoms with Crippen molar-refractivity contribution in [1.82, 2.24) is 10.2 Å². The average Bonchev–Trinajstić information content (AvgIpc) is 2.83. The number of fused-ring (bicyclic) bond motifs is 1. The summed E-state index contributed by atoms with van der Waals surface area (Å²) >= 11 is 0. The summed E-state index contributed by atoms with van der Waals surface area (Å²) in [6.45, 7) is 12.1. The Labute approximate surface area is 192 Å². The molecular weight excluding hydrogens is 400 g/mol. The fourth-order valence-electron chi connectivity index (χ4n) is 4.43. The van der Waals surface area contributed by atoms with Crippen LogP contribution in [0.4, 0.5) is 4.79 Å². The predicted molar refractivity (Wildman–Crippen MR) is 129 cm³/mol. The molecule has 5 heteroatoms. The summed E-state index contributed by atoms with van der Waals surface area (Å²) in [7, 11) is 0. The third-order valence-electron chi connectivity index (χ3n) is 5.80. The third kappa shape index (κ3) is 7.35. The maximum absolute atomic E-state index is 12.5. The van der Waals surface area contributed by atoms with E-state index < -0.39 is 23.8 Å². The Kier molecular flexibility index (Phi) is 7.96. The summed E-state index contributed by atoms with van der Waals surface area (Å²) in [5.41, 5.74) is 4.47. The molecule has 2 aromatic rings. The highest BCUT2D eigenvalue weighted by atomic mass is 16.6. The van der Waals surface area contributed by atoms with Crippen LogP contribution in [0.15, 0.2) is 48.5 Å². The van der Waals surface area contributed by atoms with Gasteiger partial charge in [-0.3, -0.25) is 4.90 Å². The molecule has 1 aliphatic rings. The van der Waals surface area contributed by atoms with E-state index in [4.69, 9.17) is 4.74 Å². The lowest BCUT2D eigenvalue weighted by Gasteiger charge is -2.31. The molecule has 0 spiro atoms. The molecule has 2 N–H and O–H groups in total. The number of rotatable bonds is 6. The topological polar surface area (TPSA) is 61.8 Å². The van der Waals surface area contributed by atoms with Crippen LogP contribution in [0, 0.1) is 12.8 Å². The van der Waals surface area contributed by atoms with Gasteiger partial charge in [0.15, 0.2) is 0 Å². The van der Waals surface area contributed by atoms with Crippen LogP contribution >= 0.6 is 0 Å². The van der Waals surface area contributed by atoms with Crippen LogP contribution in [-0.4, -0.2) is 46.9 Å². The van der Waals surface area contributed by atoms with Crippen molar-refractivity contribution in [2.75, 3.05) is 13.1 Å². The van der Waals surface area contributed by atoms with Gasteiger partial charge in [0.1, 0.15) is 5.60 Å². The second-order valence-electron chi connectivity index (χ2n) is 10.3. The van der Waals surface area contributed by atoms with E-state index in [-0.39, 0.29) is 0 Å². The number of aliphatic hydroxyl groups excluding tert-OH is 1. The third-order valence-corrected chi connectivity index (χ3v) is 5.80. The van der Waals surface area contributed by atoms with E-state index in [9.17, 15) is 9.90 Å². The monoisotopic (exact) mass is 438 g/mol. The van der Waals surface area contributed by atoms with E-state index in [1.807, 2.05) is 51.1 Å². The lowest BCUT2D eigenvalue weighted by atomic mass is 9.97. The van der Waals surface area contributed by atoms with E-state index >= 15 is 0 Å². The molecule has 1 heterocycles. The van der Waals surface area contributed by atoms with E-state index in [1.54, 1.807) is 0 Å². The Morgan fingerprint density at radius 2 is 1.91 bits per heavy atom. The first-order valence-corrected chi connectivity index (χ1v) is 11.6. The molecule has 2 aromatic carbocycles. The quantitative estimate of drug-likeness (QED) is 0.698. The van der Waals surface area contributed by atoms with Gasteiger partial charge in [-0.15, -0.1) is 0 Å². The van der Waals surface area contributed by atoms with Crippen molar-refractivity contribution in [3.63, 3.8) is 0 Å². The molecule has 0 bridgehead atoms. The number of aryl methyl sites for hydroxylation is 1. The number of β-amino-alcohol motifs (C(OH)–C–C–N with tert-alkyl or cyclic N) is 1. The van der Waals surface area contributed by atoms with Gasteiger partial charge in [-0.1, -0.05) is 61.0 Å². The van der Waals surface area contributed by atoms with Crippen LogP contribution in [0.3, 0.4) is 0 Å². The minimum Gasteiger partial charge on any atom is -0.444 e. The lowest BCUT2D eigenvalue weighted by molar-refractivity contribution is 0.0350. The number of amides is 1. The molecule has 0 radical (unpaired) electrons. The highest BCUT2D eigenvalue weighted by molar-refractivity contribution is 5.68. The first-order valence-electron chi connectivity index (χ1n) is 11.6. The van der Waals surface area contributed by atoms with Crippen molar-refractivity contribution in [1.29, 1.82) is 0 Å². The zero-order valence-corrected chi connectivity index (χ0v) is 20.1. The molecule has 0 saturated carbocycles. The molecule has 3 rings (SSSR count). The molecule has 174 valence electrons. The van der Waals surface area contributed by atoms with Gasteiger partial charge >= 0.3 is 6.09 Å². The van der Waals surface area contributed by atoms with Crippen molar-refractivity contribution in [3.8, 4) is 0 Å². The average molecular weight is 439 g/mol. The second-order valence-corrected chi connectivity index (χ2v) is 10.3. The van der Waals surface area contributed by atoms with Gasteiger partial charge in [0.2, 0.25) is 0 Å². The number of aliphatic hydroxyl groups is 1. The van der Waals surface area contributed by atoms with Crippen molar-refractivity contribution >= 4 is 6.09 Å². The van der Waals surface area contributed by atoms with Gasteiger partial charge in [-0.05, 0) is 63.1 Å². The van der Waals surface area contributed by atoms with Crippen LogP contribution in [0.1, 0.15) is 49.9 Å². The SMILES string of the molecule is Cc1ccc2c(c1)CN(C[C@@H](O)[C@H](Cc1ccccc1)NC(=O)OC(C)(C)C)C[C@H](C)C2. The van der Waals surface area contributed by atoms with Gasteiger partial charge in [-0.25, -0.2) is 4.79 Å². The second kappa shape index (κ2) is 10.5. The van der Waals surface area contributed by atoms with Gasteiger partial charge in [0, 0.05) is 19.6 Å². The predicted octanol–water partition coefficient (Wildman–Crippen LogP) is 4.49. The summed E-state index contributed by atoms with van der Waals surface area (Å²) < 4.78 is 5.47. The fourth-order valence-corrected chi connectivity index (χ4v) is 4.43. The lowest BCUT2D eigenvalue weighted by Crippen LogP contribution is -2.50. The molecule has 1 aliphatic heterocycles. The fraction of sp³-hybridized carbons (Fsp3) is 0.519. The van der Waals surface area contributed by atoms with Crippen molar-refractivity contribution < 1.29 is 14.6 Å². The molecule has 0 aliphatic carbocycles. The number of nitrogens with one attached hydrogen (secondary N) is 1. The molecule has 0 fully saturated rings. The summed E-state index contributed by atoms with van der Waals surface area (Å²) in [6, 6.07) is 16.2. The summed E-state index contributed by atoms with van der Waals surface area (Å²) in [4.78, 5) is 14.8. The molecule has 3 atom stereocenters. The Hall–Kier alpha value is -2.37. The summed E-state index contributed by atoms with van der Waals surface area (Å²) in [6.07, 6.45) is 0.371. The number of carbonyl (C=O) groups is 1. The van der Waals surface area contributed by atoms with Gasteiger partial charge < -0.3 is 15.2 Å². The van der Waals surface area contributed by atoms with Crippen LogP contribution in [-0.2, 0) is 24.1 Å². The van der Waals surface area contributed by atoms with Crippen LogP contribution in [0.2, 0.25) is 0 Å². The molecule has 5 nitrogen and oxygen atoms in total. The highest BCUT2D eigenvalue weighted by Gasteiger charge is 2.28. The van der Waals surface area contributed by atoms with Crippen LogP contribution in [0.25, 0.3) is 0 Å². The van der Waals surface area contributed by atoms with Crippen molar-refractivity contribution in [3.05, 3.63) is 70.8 Å². The minimum absolute atomic E-state index is 0.442. The molecule has 0 unspecified atom stereocenters. The van der Waals surface area contributed by atoms with Gasteiger partial charge in [-0.2, -0.15) is 0 Å².